The highest BCUT2D eigenvalue weighted by molar-refractivity contribution is 5.70. The maximum atomic E-state index is 14.2. The molecular weight excluding hydrogens is 239 g/mol. The average Bonchev–Trinajstić information content (AvgIpc) is 2.38. The molecule has 0 aliphatic carbocycles. The number of rotatable bonds is 3. The van der Waals surface area contributed by atoms with E-state index in [0.29, 0.717) is 5.56 Å². The topological polar surface area (TPSA) is 6.48 Å². The predicted molar refractivity (Wildman–Crippen MR) is 80.5 cm³/mol. The molecule has 100 valence electrons. The van der Waals surface area contributed by atoms with E-state index in [-0.39, 0.29) is 5.82 Å². The smallest absolute Gasteiger partial charge is 0.133 e. The van der Waals surface area contributed by atoms with E-state index >= 15 is 0 Å². The van der Waals surface area contributed by atoms with Gasteiger partial charge < -0.3 is 9.80 Å². The van der Waals surface area contributed by atoms with Crippen LogP contribution in [0.4, 0.5) is 15.8 Å². The molecule has 0 spiro atoms. The monoisotopic (exact) mass is 258 g/mol. The van der Waals surface area contributed by atoms with Crippen molar-refractivity contribution in [1.29, 1.82) is 0 Å². The molecule has 0 amide bonds. The van der Waals surface area contributed by atoms with E-state index < -0.39 is 0 Å². The van der Waals surface area contributed by atoms with Crippen molar-refractivity contribution in [3.63, 3.8) is 0 Å². The Kier molecular flexibility index (Phi) is 3.74. The summed E-state index contributed by atoms with van der Waals surface area (Å²) in [4.78, 5) is 3.90. The van der Waals surface area contributed by atoms with Gasteiger partial charge in [-0.05, 0) is 35.9 Å². The Morgan fingerprint density at radius 2 is 1.42 bits per heavy atom. The third-order valence-electron chi connectivity index (χ3n) is 3.14. The molecule has 0 N–H and O–H groups in total. The summed E-state index contributed by atoms with van der Waals surface area (Å²) in [7, 11) is 7.76. The van der Waals surface area contributed by atoms with Crippen LogP contribution in [0, 0.1) is 5.82 Å². The molecule has 0 aromatic heterocycles. The molecule has 3 heteroatoms. The van der Waals surface area contributed by atoms with Crippen LogP contribution in [0.1, 0.15) is 0 Å². The summed E-state index contributed by atoms with van der Waals surface area (Å²) in [5.41, 5.74) is 3.46. The molecule has 0 fully saturated rings. The summed E-state index contributed by atoms with van der Waals surface area (Å²) in [6, 6.07) is 13.2. The molecule has 0 aliphatic rings. The summed E-state index contributed by atoms with van der Waals surface area (Å²) in [5, 5.41) is 0. The zero-order valence-electron chi connectivity index (χ0n) is 11.8. The molecular formula is C16H19FN2. The lowest BCUT2D eigenvalue weighted by Gasteiger charge is -2.16. The second-order valence-corrected chi connectivity index (χ2v) is 5.00. The fourth-order valence-corrected chi connectivity index (χ4v) is 1.97. The summed E-state index contributed by atoms with van der Waals surface area (Å²) in [6.07, 6.45) is 0. The van der Waals surface area contributed by atoms with Crippen LogP contribution < -0.4 is 9.80 Å². The van der Waals surface area contributed by atoms with Crippen molar-refractivity contribution in [3.8, 4) is 11.1 Å². The first-order valence-corrected chi connectivity index (χ1v) is 6.23. The first-order chi connectivity index (χ1) is 8.99. The molecule has 0 saturated carbocycles. The van der Waals surface area contributed by atoms with Crippen LogP contribution in [0.2, 0.25) is 0 Å². The van der Waals surface area contributed by atoms with E-state index in [2.05, 4.69) is 0 Å². The van der Waals surface area contributed by atoms with Gasteiger partial charge in [0.15, 0.2) is 0 Å². The summed E-state index contributed by atoms with van der Waals surface area (Å²) >= 11 is 0. The van der Waals surface area contributed by atoms with E-state index in [9.17, 15) is 4.39 Å². The zero-order chi connectivity index (χ0) is 14.0. The SMILES string of the molecule is CN(C)c1cccc(-c2ccc(N(C)C)cc2F)c1. The quantitative estimate of drug-likeness (QED) is 0.829. The van der Waals surface area contributed by atoms with E-state index in [1.165, 1.54) is 0 Å². The van der Waals surface area contributed by atoms with E-state index in [0.717, 1.165) is 16.9 Å². The molecule has 0 aliphatic heterocycles. The van der Waals surface area contributed by atoms with Gasteiger partial charge in [-0.2, -0.15) is 0 Å². The first-order valence-electron chi connectivity index (χ1n) is 6.23. The van der Waals surface area contributed by atoms with E-state index in [4.69, 9.17) is 0 Å². The third-order valence-corrected chi connectivity index (χ3v) is 3.14. The van der Waals surface area contributed by atoms with Gasteiger partial charge in [-0.15, -0.1) is 0 Å². The lowest BCUT2D eigenvalue weighted by molar-refractivity contribution is 0.631. The molecule has 2 aromatic carbocycles. The van der Waals surface area contributed by atoms with Crippen LogP contribution >= 0.6 is 0 Å². The van der Waals surface area contributed by atoms with Crippen molar-refractivity contribution >= 4 is 11.4 Å². The lowest BCUT2D eigenvalue weighted by Crippen LogP contribution is -2.09. The Bertz CT molecular complexity index is 577. The van der Waals surface area contributed by atoms with Crippen LogP contribution in [-0.2, 0) is 0 Å². The minimum Gasteiger partial charge on any atom is -0.378 e. The van der Waals surface area contributed by atoms with E-state index in [1.54, 1.807) is 6.07 Å². The second-order valence-electron chi connectivity index (χ2n) is 5.00. The van der Waals surface area contributed by atoms with Crippen molar-refractivity contribution in [3.05, 3.63) is 48.3 Å². The molecule has 0 heterocycles. The Hall–Kier alpha value is -2.03. The van der Waals surface area contributed by atoms with Crippen LogP contribution in [-0.4, -0.2) is 28.2 Å². The highest BCUT2D eigenvalue weighted by atomic mass is 19.1. The minimum atomic E-state index is -0.192. The normalized spacial score (nSPS) is 10.4. The van der Waals surface area contributed by atoms with Crippen molar-refractivity contribution in [2.45, 2.75) is 0 Å². The Morgan fingerprint density at radius 1 is 0.789 bits per heavy atom. The van der Waals surface area contributed by atoms with Crippen LogP contribution in [0.3, 0.4) is 0 Å². The molecule has 0 bridgehead atoms. The fourth-order valence-electron chi connectivity index (χ4n) is 1.97. The maximum absolute atomic E-state index is 14.2. The molecule has 0 radical (unpaired) electrons. The van der Waals surface area contributed by atoms with Crippen LogP contribution in [0.25, 0.3) is 11.1 Å². The molecule has 0 atom stereocenters. The number of hydrogen-bond donors (Lipinski definition) is 0. The molecule has 0 saturated heterocycles. The van der Waals surface area contributed by atoms with Crippen LogP contribution in [0.15, 0.2) is 42.5 Å². The third kappa shape index (κ3) is 2.87. The highest BCUT2D eigenvalue weighted by Crippen LogP contribution is 2.28. The van der Waals surface area contributed by atoms with Gasteiger partial charge in [-0.3, -0.25) is 0 Å². The number of anilines is 2. The van der Waals surface area contributed by atoms with Crippen molar-refractivity contribution < 1.29 is 4.39 Å². The fraction of sp³-hybridized carbons (Fsp3) is 0.250. The largest absolute Gasteiger partial charge is 0.378 e. The van der Waals surface area contributed by atoms with Gasteiger partial charge in [0.25, 0.3) is 0 Å². The zero-order valence-corrected chi connectivity index (χ0v) is 11.8. The van der Waals surface area contributed by atoms with Crippen molar-refractivity contribution in [2.75, 3.05) is 38.0 Å². The number of nitrogens with zero attached hydrogens (tertiary/aromatic N) is 2. The summed E-state index contributed by atoms with van der Waals surface area (Å²) in [6.45, 7) is 0. The summed E-state index contributed by atoms with van der Waals surface area (Å²) in [5.74, 6) is -0.192. The average molecular weight is 258 g/mol. The van der Waals surface area contributed by atoms with Crippen molar-refractivity contribution in [1.82, 2.24) is 0 Å². The van der Waals surface area contributed by atoms with Gasteiger partial charge in [0, 0.05) is 45.1 Å². The van der Waals surface area contributed by atoms with Gasteiger partial charge in [0.1, 0.15) is 5.82 Å². The lowest BCUT2D eigenvalue weighted by atomic mass is 10.0. The van der Waals surface area contributed by atoms with E-state index in [1.807, 2.05) is 74.4 Å². The minimum absolute atomic E-state index is 0.192. The number of hydrogen-bond acceptors (Lipinski definition) is 2. The predicted octanol–water partition coefficient (Wildman–Crippen LogP) is 3.62. The molecule has 2 rings (SSSR count). The Balaban J connectivity index is 2.44. The maximum Gasteiger partial charge on any atom is 0.133 e. The first kappa shape index (κ1) is 13.4. The molecule has 0 unspecified atom stereocenters. The Labute approximate surface area is 114 Å². The van der Waals surface area contributed by atoms with Crippen LogP contribution in [0.5, 0.6) is 0 Å². The van der Waals surface area contributed by atoms with Crippen molar-refractivity contribution in [2.24, 2.45) is 0 Å². The number of benzene rings is 2. The highest BCUT2D eigenvalue weighted by Gasteiger charge is 2.08. The second kappa shape index (κ2) is 5.31. The summed E-state index contributed by atoms with van der Waals surface area (Å²) < 4.78 is 14.2. The van der Waals surface area contributed by atoms with Gasteiger partial charge in [0.05, 0.1) is 0 Å². The molecule has 2 aromatic rings. The van der Waals surface area contributed by atoms with Gasteiger partial charge >= 0.3 is 0 Å². The standard InChI is InChI=1S/C16H19FN2/c1-18(2)13-7-5-6-12(10-13)15-9-8-14(19(3)4)11-16(15)17/h5-11H,1-4H3. The van der Waals surface area contributed by atoms with Gasteiger partial charge in [-0.1, -0.05) is 12.1 Å². The molecule has 19 heavy (non-hydrogen) atoms. The Morgan fingerprint density at radius 3 is 2.00 bits per heavy atom. The van der Waals surface area contributed by atoms with Gasteiger partial charge in [-0.25, -0.2) is 4.39 Å². The number of halogens is 1. The molecule has 2 nitrogen and oxygen atoms in total. The van der Waals surface area contributed by atoms with Gasteiger partial charge in [0.2, 0.25) is 0 Å².